The molecule has 1 aromatic carbocycles. The molecule has 0 amide bonds. The van der Waals surface area contributed by atoms with Crippen molar-refractivity contribution in [3.63, 3.8) is 0 Å². The highest BCUT2D eigenvalue weighted by Gasteiger charge is 2.18. The number of aromatic nitrogens is 3. The summed E-state index contributed by atoms with van der Waals surface area (Å²) in [6.07, 6.45) is 0. The minimum atomic E-state index is -1.16. The van der Waals surface area contributed by atoms with Crippen LogP contribution in [-0.2, 0) is 7.05 Å². The smallest absolute Gasteiger partial charge is 0.358 e. The van der Waals surface area contributed by atoms with Crippen LogP contribution in [-0.4, -0.2) is 26.1 Å². The quantitative estimate of drug-likeness (QED) is 0.830. The summed E-state index contributed by atoms with van der Waals surface area (Å²) >= 11 is 0. The molecule has 0 saturated carbocycles. The van der Waals surface area contributed by atoms with E-state index in [1.807, 2.05) is 0 Å². The molecule has 5 nitrogen and oxygen atoms in total. The van der Waals surface area contributed by atoms with Crippen molar-refractivity contribution in [2.24, 2.45) is 7.05 Å². The summed E-state index contributed by atoms with van der Waals surface area (Å²) in [4.78, 5) is 10.9. The molecular formula is C10H8FN3O2. The van der Waals surface area contributed by atoms with E-state index in [0.29, 0.717) is 11.3 Å². The fraction of sp³-hybridized carbons (Fsp3) is 0.100. The molecule has 16 heavy (non-hydrogen) atoms. The highest BCUT2D eigenvalue weighted by Crippen LogP contribution is 2.21. The lowest BCUT2D eigenvalue weighted by Gasteiger charge is -2.01. The monoisotopic (exact) mass is 221 g/mol. The van der Waals surface area contributed by atoms with Crippen molar-refractivity contribution in [2.75, 3.05) is 0 Å². The van der Waals surface area contributed by atoms with Gasteiger partial charge >= 0.3 is 5.97 Å². The second-order valence-electron chi connectivity index (χ2n) is 3.22. The van der Waals surface area contributed by atoms with E-state index in [-0.39, 0.29) is 11.5 Å². The third-order valence-electron chi connectivity index (χ3n) is 2.15. The maximum atomic E-state index is 12.7. The molecule has 1 N–H and O–H groups in total. The van der Waals surface area contributed by atoms with Crippen molar-refractivity contribution in [2.45, 2.75) is 0 Å². The Morgan fingerprint density at radius 1 is 1.38 bits per heavy atom. The van der Waals surface area contributed by atoms with Gasteiger partial charge in [0.05, 0.1) is 0 Å². The SMILES string of the molecule is Cn1nnc(C(=O)O)c1-c1ccc(F)cc1. The van der Waals surface area contributed by atoms with E-state index in [9.17, 15) is 9.18 Å². The number of benzene rings is 1. The summed E-state index contributed by atoms with van der Waals surface area (Å²) in [6, 6.07) is 5.49. The lowest BCUT2D eigenvalue weighted by molar-refractivity contribution is 0.0691. The van der Waals surface area contributed by atoms with Gasteiger partial charge in [0.25, 0.3) is 0 Å². The molecule has 0 aliphatic rings. The normalized spacial score (nSPS) is 10.4. The van der Waals surface area contributed by atoms with Gasteiger partial charge in [0.15, 0.2) is 5.69 Å². The average Bonchev–Trinajstić information content (AvgIpc) is 2.62. The number of hydrogen-bond acceptors (Lipinski definition) is 3. The average molecular weight is 221 g/mol. The second kappa shape index (κ2) is 3.73. The molecule has 1 heterocycles. The van der Waals surface area contributed by atoms with Gasteiger partial charge in [0.1, 0.15) is 11.5 Å². The number of aryl methyl sites for hydroxylation is 1. The molecule has 0 aliphatic carbocycles. The van der Waals surface area contributed by atoms with Crippen LogP contribution in [0.5, 0.6) is 0 Å². The second-order valence-corrected chi connectivity index (χ2v) is 3.22. The van der Waals surface area contributed by atoms with Crippen LogP contribution in [0, 0.1) is 5.82 Å². The van der Waals surface area contributed by atoms with Gasteiger partial charge in [-0.3, -0.25) is 0 Å². The van der Waals surface area contributed by atoms with Gasteiger partial charge < -0.3 is 5.11 Å². The van der Waals surface area contributed by atoms with Crippen molar-refractivity contribution < 1.29 is 14.3 Å². The molecule has 0 atom stereocenters. The highest BCUT2D eigenvalue weighted by atomic mass is 19.1. The van der Waals surface area contributed by atoms with E-state index in [4.69, 9.17) is 5.11 Å². The van der Waals surface area contributed by atoms with E-state index in [0.717, 1.165) is 0 Å². The zero-order valence-corrected chi connectivity index (χ0v) is 8.38. The number of nitrogens with zero attached hydrogens (tertiary/aromatic N) is 3. The molecule has 6 heteroatoms. The van der Waals surface area contributed by atoms with Gasteiger partial charge in [0, 0.05) is 12.6 Å². The van der Waals surface area contributed by atoms with Gasteiger partial charge in [-0.15, -0.1) is 5.10 Å². The van der Waals surface area contributed by atoms with Gasteiger partial charge in [-0.25, -0.2) is 13.9 Å². The Morgan fingerprint density at radius 2 is 2.00 bits per heavy atom. The number of hydrogen-bond donors (Lipinski definition) is 1. The van der Waals surface area contributed by atoms with Crippen LogP contribution in [0.3, 0.4) is 0 Å². The minimum Gasteiger partial charge on any atom is -0.476 e. The Morgan fingerprint density at radius 3 is 2.56 bits per heavy atom. The summed E-state index contributed by atoms with van der Waals surface area (Å²) in [5.74, 6) is -1.54. The topological polar surface area (TPSA) is 68.0 Å². The molecule has 0 aliphatic heterocycles. The molecule has 1 aromatic heterocycles. The van der Waals surface area contributed by atoms with Crippen molar-refractivity contribution in [3.05, 3.63) is 35.8 Å². The first kappa shape index (κ1) is 10.3. The van der Waals surface area contributed by atoms with Gasteiger partial charge in [-0.1, -0.05) is 5.21 Å². The Kier molecular flexibility index (Phi) is 2.40. The molecule has 2 rings (SSSR count). The number of carboxylic acids is 1. The van der Waals surface area contributed by atoms with Crippen LogP contribution >= 0.6 is 0 Å². The molecular weight excluding hydrogens is 213 g/mol. The summed E-state index contributed by atoms with van der Waals surface area (Å²) < 4.78 is 14.1. The number of rotatable bonds is 2. The Hall–Kier alpha value is -2.24. The van der Waals surface area contributed by atoms with Gasteiger partial charge in [0.2, 0.25) is 0 Å². The Balaban J connectivity index is 2.58. The third kappa shape index (κ3) is 1.65. The van der Waals surface area contributed by atoms with Crippen molar-refractivity contribution in [3.8, 4) is 11.3 Å². The number of carboxylic acid groups (broad SMARTS) is 1. The van der Waals surface area contributed by atoms with E-state index in [1.54, 1.807) is 7.05 Å². The molecule has 0 fully saturated rings. The maximum absolute atomic E-state index is 12.7. The van der Waals surface area contributed by atoms with Crippen molar-refractivity contribution in [1.82, 2.24) is 15.0 Å². The number of carbonyl (C=O) groups is 1. The first-order valence-corrected chi connectivity index (χ1v) is 4.48. The Labute approximate surface area is 90.1 Å². The molecule has 2 aromatic rings. The maximum Gasteiger partial charge on any atom is 0.358 e. The van der Waals surface area contributed by atoms with Gasteiger partial charge in [-0.2, -0.15) is 0 Å². The molecule has 0 bridgehead atoms. The molecule has 0 saturated heterocycles. The molecule has 0 radical (unpaired) electrons. The summed E-state index contributed by atoms with van der Waals surface area (Å²) in [6.45, 7) is 0. The van der Waals surface area contributed by atoms with Crippen molar-refractivity contribution >= 4 is 5.97 Å². The first-order valence-electron chi connectivity index (χ1n) is 4.48. The fourth-order valence-electron chi connectivity index (χ4n) is 1.43. The molecule has 82 valence electrons. The zero-order valence-electron chi connectivity index (χ0n) is 8.38. The van der Waals surface area contributed by atoms with Crippen molar-refractivity contribution in [1.29, 1.82) is 0 Å². The van der Waals surface area contributed by atoms with Crippen LogP contribution in [0.4, 0.5) is 4.39 Å². The van der Waals surface area contributed by atoms with E-state index in [2.05, 4.69) is 10.3 Å². The molecule has 0 spiro atoms. The Bertz CT molecular complexity index is 533. The van der Waals surface area contributed by atoms with Crippen LogP contribution in [0.2, 0.25) is 0 Å². The molecule has 0 unspecified atom stereocenters. The minimum absolute atomic E-state index is 0.144. The summed E-state index contributed by atoms with van der Waals surface area (Å²) in [5.41, 5.74) is 0.771. The first-order chi connectivity index (χ1) is 7.59. The van der Waals surface area contributed by atoms with Crippen LogP contribution in [0.15, 0.2) is 24.3 Å². The highest BCUT2D eigenvalue weighted by molar-refractivity contribution is 5.92. The number of halogens is 1. The third-order valence-corrected chi connectivity index (χ3v) is 2.15. The predicted octanol–water partition coefficient (Wildman–Crippen LogP) is 1.32. The van der Waals surface area contributed by atoms with E-state index >= 15 is 0 Å². The van der Waals surface area contributed by atoms with E-state index < -0.39 is 5.97 Å². The van der Waals surface area contributed by atoms with E-state index in [1.165, 1.54) is 28.9 Å². The fourth-order valence-corrected chi connectivity index (χ4v) is 1.43. The number of aromatic carboxylic acids is 1. The summed E-state index contributed by atoms with van der Waals surface area (Å²) in [7, 11) is 1.58. The lowest BCUT2D eigenvalue weighted by atomic mass is 10.1. The van der Waals surface area contributed by atoms with Gasteiger partial charge in [-0.05, 0) is 24.3 Å². The van der Waals surface area contributed by atoms with Crippen LogP contribution < -0.4 is 0 Å². The standard InChI is InChI=1S/C10H8FN3O2/c1-14-9(8(10(15)16)12-13-14)6-2-4-7(11)5-3-6/h2-5H,1H3,(H,15,16). The zero-order chi connectivity index (χ0) is 11.7. The van der Waals surface area contributed by atoms with Crippen LogP contribution in [0.1, 0.15) is 10.5 Å². The summed E-state index contributed by atoms with van der Waals surface area (Å²) in [5, 5.41) is 16.1. The predicted molar refractivity (Wildman–Crippen MR) is 53.4 cm³/mol. The lowest BCUT2D eigenvalue weighted by Crippen LogP contribution is -2.01. The largest absolute Gasteiger partial charge is 0.476 e. The van der Waals surface area contributed by atoms with Crippen LogP contribution in [0.25, 0.3) is 11.3 Å².